The van der Waals surface area contributed by atoms with Crippen molar-refractivity contribution in [2.24, 2.45) is 5.73 Å². The summed E-state index contributed by atoms with van der Waals surface area (Å²) < 4.78 is 0. The van der Waals surface area contributed by atoms with Crippen molar-refractivity contribution in [1.29, 1.82) is 0 Å². The van der Waals surface area contributed by atoms with Crippen molar-refractivity contribution < 1.29 is 4.79 Å². The van der Waals surface area contributed by atoms with Crippen LogP contribution in [0, 0.1) is 0 Å². The van der Waals surface area contributed by atoms with Gasteiger partial charge in [0, 0.05) is 12.6 Å². The second kappa shape index (κ2) is 7.07. The quantitative estimate of drug-likeness (QED) is 0.791. The third-order valence-corrected chi connectivity index (χ3v) is 2.83. The zero-order valence-corrected chi connectivity index (χ0v) is 10.6. The Bertz CT molecular complexity index is 335. The van der Waals surface area contributed by atoms with Gasteiger partial charge in [0.05, 0.1) is 5.92 Å². The Morgan fingerprint density at radius 1 is 1.35 bits per heavy atom. The van der Waals surface area contributed by atoms with Crippen LogP contribution in [-0.2, 0) is 4.79 Å². The molecule has 3 N–H and O–H groups in total. The molecule has 1 rings (SSSR count). The number of hydrogen-bond donors (Lipinski definition) is 2. The molecule has 0 saturated carbocycles. The SMILES string of the molecule is CCC(C(=O)NCCC(C)N)c1ccccc1. The van der Waals surface area contributed by atoms with Gasteiger partial charge in [-0.3, -0.25) is 4.79 Å². The molecule has 0 aromatic heterocycles. The van der Waals surface area contributed by atoms with E-state index in [9.17, 15) is 4.79 Å². The van der Waals surface area contributed by atoms with Gasteiger partial charge < -0.3 is 11.1 Å². The van der Waals surface area contributed by atoms with Gasteiger partial charge >= 0.3 is 0 Å². The molecule has 3 heteroatoms. The number of nitrogens with one attached hydrogen (secondary N) is 1. The Labute approximate surface area is 103 Å². The fourth-order valence-electron chi connectivity index (χ4n) is 1.80. The molecular formula is C14H22N2O. The molecule has 1 aromatic carbocycles. The van der Waals surface area contributed by atoms with Crippen LogP contribution in [0.1, 0.15) is 38.2 Å². The molecule has 2 unspecified atom stereocenters. The van der Waals surface area contributed by atoms with Gasteiger partial charge in [0.1, 0.15) is 0 Å². The van der Waals surface area contributed by atoms with E-state index in [4.69, 9.17) is 5.73 Å². The standard InChI is InChI=1S/C14H22N2O/c1-3-13(12-7-5-4-6-8-12)14(17)16-10-9-11(2)15/h4-8,11,13H,3,9-10,15H2,1-2H3,(H,16,17). The first kappa shape index (κ1) is 13.7. The normalized spacial score (nSPS) is 14.1. The maximum Gasteiger partial charge on any atom is 0.227 e. The van der Waals surface area contributed by atoms with Crippen molar-refractivity contribution in [3.05, 3.63) is 35.9 Å². The minimum atomic E-state index is -0.0516. The summed E-state index contributed by atoms with van der Waals surface area (Å²) >= 11 is 0. The summed E-state index contributed by atoms with van der Waals surface area (Å²) in [7, 11) is 0. The van der Waals surface area contributed by atoms with E-state index in [0.717, 1.165) is 18.4 Å². The summed E-state index contributed by atoms with van der Waals surface area (Å²) in [5.74, 6) is 0.0450. The minimum absolute atomic E-state index is 0.0516. The fraction of sp³-hybridized carbons (Fsp3) is 0.500. The van der Waals surface area contributed by atoms with Gasteiger partial charge in [0.25, 0.3) is 0 Å². The second-order valence-corrected chi connectivity index (χ2v) is 4.43. The predicted octanol–water partition coefficient (Wildman–Crippen LogP) is 2.03. The summed E-state index contributed by atoms with van der Waals surface area (Å²) in [5.41, 5.74) is 6.72. The van der Waals surface area contributed by atoms with Crippen LogP contribution < -0.4 is 11.1 Å². The molecule has 94 valence electrons. The molecule has 0 saturated heterocycles. The predicted molar refractivity (Wildman–Crippen MR) is 70.8 cm³/mol. The molecule has 0 aliphatic rings. The van der Waals surface area contributed by atoms with E-state index in [-0.39, 0.29) is 17.9 Å². The highest BCUT2D eigenvalue weighted by molar-refractivity contribution is 5.83. The third-order valence-electron chi connectivity index (χ3n) is 2.83. The highest BCUT2D eigenvalue weighted by Gasteiger charge is 2.17. The van der Waals surface area contributed by atoms with Gasteiger partial charge in [-0.15, -0.1) is 0 Å². The van der Waals surface area contributed by atoms with E-state index in [2.05, 4.69) is 5.32 Å². The van der Waals surface area contributed by atoms with E-state index in [0.29, 0.717) is 6.54 Å². The van der Waals surface area contributed by atoms with Gasteiger partial charge in [-0.2, -0.15) is 0 Å². The molecule has 0 aliphatic carbocycles. The highest BCUT2D eigenvalue weighted by atomic mass is 16.1. The molecule has 1 aromatic rings. The van der Waals surface area contributed by atoms with Crippen LogP contribution in [0.5, 0.6) is 0 Å². The summed E-state index contributed by atoms with van der Waals surface area (Å²) in [6.45, 7) is 4.63. The number of rotatable bonds is 6. The number of carbonyl (C=O) groups excluding carboxylic acids is 1. The first-order valence-electron chi connectivity index (χ1n) is 6.23. The zero-order chi connectivity index (χ0) is 12.7. The lowest BCUT2D eigenvalue weighted by Crippen LogP contribution is -2.32. The van der Waals surface area contributed by atoms with Crippen LogP contribution in [0.3, 0.4) is 0 Å². The summed E-state index contributed by atoms with van der Waals surface area (Å²) in [4.78, 5) is 12.0. The summed E-state index contributed by atoms with van der Waals surface area (Å²) in [5, 5.41) is 2.94. The second-order valence-electron chi connectivity index (χ2n) is 4.43. The molecule has 2 atom stereocenters. The number of amides is 1. The molecular weight excluding hydrogens is 212 g/mol. The van der Waals surface area contributed by atoms with Gasteiger partial charge in [0.15, 0.2) is 0 Å². The smallest absolute Gasteiger partial charge is 0.227 e. The highest BCUT2D eigenvalue weighted by Crippen LogP contribution is 2.18. The van der Waals surface area contributed by atoms with Gasteiger partial charge in [-0.05, 0) is 25.3 Å². The van der Waals surface area contributed by atoms with Crippen LogP contribution in [-0.4, -0.2) is 18.5 Å². The van der Waals surface area contributed by atoms with Crippen LogP contribution >= 0.6 is 0 Å². The molecule has 17 heavy (non-hydrogen) atoms. The average Bonchev–Trinajstić information content (AvgIpc) is 2.31. The summed E-state index contributed by atoms with van der Waals surface area (Å²) in [6, 6.07) is 10.0. The van der Waals surface area contributed by atoms with E-state index < -0.39 is 0 Å². The Morgan fingerprint density at radius 3 is 2.53 bits per heavy atom. The molecule has 0 radical (unpaired) electrons. The van der Waals surface area contributed by atoms with Gasteiger partial charge in [-0.25, -0.2) is 0 Å². The average molecular weight is 234 g/mol. The Balaban J connectivity index is 2.53. The Morgan fingerprint density at radius 2 is 2.00 bits per heavy atom. The lowest BCUT2D eigenvalue weighted by molar-refractivity contribution is -0.122. The number of benzene rings is 1. The van der Waals surface area contributed by atoms with Crippen molar-refractivity contribution in [2.45, 2.75) is 38.6 Å². The molecule has 0 bridgehead atoms. The lowest BCUT2D eigenvalue weighted by Gasteiger charge is -2.15. The molecule has 3 nitrogen and oxygen atoms in total. The number of hydrogen-bond acceptors (Lipinski definition) is 2. The molecule has 0 fully saturated rings. The molecule has 1 amide bonds. The lowest BCUT2D eigenvalue weighted by atomic mass is 9.95. The van der Waals surface area contributed by atoms with Crippen LogP contribution in [0.25, 0.3) is 0 Å². The van der Waals surface area contributed by atoms with Crippen molar-refractivity contribution in [2.75, 3.05) is 6.54 Å². The Hall–Kier alpha value is -1.35. The van der Waals surface area contributed by atoms with Crippen LogP contribution in [0.4, 0.5) is 0 Å². The fourth-order valence-corrected chi connectivity index (χ4v) is 1.80. The monoisotopic (exact) mass is 234 g/mol. The molecule has 0 aliphatic heterocycles. The van der Waals surface area contributed by atoms with Crippen molar-refractivity contribution in [1.82, 2.24) is 5.32 Å². The van der Waals surface area contributed by atoms with Gasteiger partial charge in [0.2, 0.25) is 5.91 Å². The van der Waals surface area contributed by atoms with Crippen LogP contribution in [0.15, 0.2) is 30.3 Å². The number of nitrogens with two attached hydrogens (primary N) is 1. The largest absolute Gasteiger partial charge is 0.356 e. The minimum Gasteiger partial charge on any atom is -0.356 e. The van der Waals surface area contributed by atoms with Gasteiger partial charge in [-0.1, -0.05) is 37.3 Å². The van der Waals surface area contributed by atoms with Crippen molar-refractivity contribution in [3.8, 4) is 0 Å². The summed E-state index contributed by atoms with van der Waals surface area (Å²) in [6.07, 6.45) is 1.63. The molecule has 0 heterocycles. The number of carbonyl (C=O) groups is 1. The van der Waals surface area contributed by atoms with E-state index >= 15 is 0 Å². The maximum atomic E-state index is 12.0. The van der Waals surface area contributed by atoms with Crippen molar-refractivity contribution in [3.63, 3.8) is 0 Å². The first-order chi connectivity index (χ1) is 8.15. The third kappa shape index (κ3) is 4.57. The van der Waals surface area contributed by atoms with E-state index in [1.54, 1.807) is 0 Å². The maximum absolute atomic E-state index is 12.0. The molecule has 0 spiro atoms. The van der Waals surface area contributed by atoms with Crippen LogP contribution in [0.2, 0.25) is 0 Å². The van der Waals surface area contributed by atoms with Crippen molar-refractivity contribution >= 4 is 5.91 Å². The Kier molecular flexibility index (Phi) is 5.70. The topological polar surface area (TPSA) is 55.1 Å². The zero-order valence-electron chi connectivity index (χ0n) is 10.6. The first-order valence-corrected chi connectivity index (χ1v) is 6.23. The van der Waals surface area contributed by atoms with E-state index in [1.807, 2.05) is 44.2 Å². The van der Waals surface area contributed by atoms with E-state index in [1.165, 1.54) is 0 Å².